The second-order valence-corrected chi connectivity index (χ2v) is 9.44. The third-order valence-corrected chi connectivity index (χ3v) is 6.25. The van der Waals surface area contributed by atoms with Crippen LogP contribution in [0.25, 0.3) is 22.2 Å². The Kier molecular flexibility index (Phi) is 7.23. The quantitative estimate of drug-likeness (QED) is 0.107. The second kappa shape index (κ2) is 10.9. The third-order valence-electron chi connectivity index (χ3n) is 6.25. The lowest BCUT2D eigenvalue weighted by molar-refractivity contribution is 0.228. The maximum Gasteiger partial charge on any atom is 0.171 e. The molecule has 0 radical (unpaired) electrons. The molecular weight excluding hydrogens is 495 g/mol. The lowest BCUT2D eigenvalue weighted by atomic mass is 10.0. The smallest absolute Gasteiger partial charge is 0.171 e. The van der Waals surface area contributed by atoms with E-state index in [4.69, 9.17) is 25.6 Å². The molecule has 5 aromatic rings. The van der Waals surface area contributed by atoms with Crippen LogP contribution in [0.4, 0.5) is 10.1 Å². The molecule has 6 N–H and O–H groups in total. The summed E-state index contributed by atoms with van der Waals surface area (Å²) in [6, 6.07) is 17.6. The molecule has 0 aliphatic rings. The Hall–Kier alpha value is -4.79. The minimum atomic E-state index is -0.715. The zero-order chi connectivity index (χ0) is 27.5. The molecule has 0 bridgehead atoms. The summed E-state index contributed by atoms with van der Waals surface area (Å²) in [5.41, 5.74) is 9.93. The molecule has 0 aliphatic heterocycles. The van der Waals surface area contributed by atoms with Crippen LogP contribution in [-0.2, 0) is 0 Å². The van der Waals surface area contributed by atoms with Crippen molar-refractivity contribution in [3.8, 4) is 22.8 Å². The number of imidazole rings is 1. The van der Waals surface area contributed by atoms with Gasteiger partial charge >= 0.3 is 0 Å². The van der Waals surface area contributed by atoms with Gasteiger partial charge in [0.1, 0.15) is 23.5 Å². The number of H-pyrrole nitrogens is 2. The van der Waals surface area contributed by atoms with E-state index in [1.54, 1.807) is 36.4 Å². The maximum atomic E-state index is 16.0. The number of amidine groups is 1. The standard InChI is InChI=1S/C30H31FN6O2/c1-4-38-22-14-23(27(31)26(15-22)39-17(2)3)28(36-21-8-5-18(6-9-21)29(32)33)30-35-16-25(37-30)19-7-10-24-20(13-19)11-12-34-24/h5-17,28,34,36H,4H2,1-3H3,(H3,32,33)(H,35,37). The van der Waals surface area contributed by atoms with Gasteiger partial charge in [0, 0.05) is 51.7 Å². The topological polar surface area (TPSA) is 125 Å². The number of rotatable bonds is 10. The predicted octanol–water partition coefficient (Wildman–Crippen LogP) is 6.37. The highest BCUT2D eigenvalue weighted by atomic mass is 19.1. The molecule has 39 heavy (non-hydrogen) atoms. The molecule has 2 heterocycles. The average Bonchev–Trinajstić information content (AvgIpc) is 3.59. The Morgan fingerprint density at radius 1 is 1.08 bits per heavy atom. The van der Waals surface area contributed by atoms with Crippen LogP contribution in [0.5, 0.6) is 11.5 Å². The van der Waals surface area contributed by atoms with Gasteiger partial charge in [-0.15, -0.1) is 0 Å². The van der Waals surface area contributed by atoms with Gasteiger partial charge in [-0.25, -0.2) is 9.37 Å². The number of hydrogen-bond acceptors (Lipinski definition) is 5. The molecule has 0 amide bonds. The van der Waals surface area contributed by atoms with Crippen molar-refractivity contribution < 1.29 is 13.9 Å². The molecule has 0 fully saturated rings. The molecule has 0 saturated heterocycles. The molecule has 1 atom stereocenters. The van der Waals surface area contributed by atoms with Gasteiger partial charge < -0.3 is 30.5 Å². The molecule has 9 heteroatoms. The van der Waals surface area contributed by atoms with Crippen molar-refractivity contribution in [3.05, 3.63) is 95.8 Å². The van der Waals surface area contributed by atoms with Gasteiger partial charge in [-0.05, 0) is 69.3 Å². The van der Waals surface area contributed by atoms with Crippen LogP contribution in [-0.4, -0.2) is 33.5 Å². The number of nitrogen functional groups attached to an aromatic ring is 1. The van der Waals surface area contributed by atoms with Crippen molar-refractivity contribution in [2.75, 3.05) is 11.9 Å². The predicted molar refractivity (Wildman–Crippen MR) is 152 cm³/mol. The highest BCUT2D eigenvalue weighted by molar-refractivity contribution is 5.95. The summed E-state index contributed by atoms with van der Waals surface area (Å²) in [7, 11) is 0. The van der Waals surface area contributed by atoms with E-state index in [1.807, 2.05) is 51.4 Å². The van der Waals surface area contributed by atoms with E-state index in [9.17, 15) is 0 Å². The van der Waals surface area contributed by atoms with Gasteiger partial charge in [0.2, 0.25) is 0 Å². The first-order valence-corrected chi connectivity index (χ1v) is 12.8. The van der Waals surface area contributed by atoms with Gasteiger partial charge in [-0.2, -0.15) is 0 Å². The summed E-state index contributed by atoms with van der Waals surface area (Å²) < 4.78 is 27.6. The summed E-state index contributed by atoms with van der Waals surface area (Å²) in [5.74, 6) is 0.580. The number of hydrogen-bond donors (Lipinski definition) is 5. The maximum absolute atomic E-state index is 16.0. The Labute approximate surface area is 225 Å². The molecule has 2 aromatic heterocycles. The zero-order valence-electron chi connectivity index (χ0n) is 22.0. The zero-order valence-corrected chi connectivity index (χ0v) is 22.0. The van der Waals surface area contributed by atoms with E-state index < -0.39 is 11.9 Å². The van der Waals surface area contributed by atoms with Gasteiger partial charge in [-0.1, -0.05) is 6.07 Å². The second-order valence-electron chi connectivity index (χ2n) is 9.44. The number of aromatic nitrogens is 3. The lowest BCUT2D eigenvalue weighted by Gasteiger charge is -2.22. The van der Waals surface area contributed by atoms with E-state index in [-0.39, 0.29) is 17.7 Å². The Balaban J connectivity index is 1.60. The highest BCUT2D eigenvalue weighted by Gasteiger charge is 2.26. The van der Waals surface area contributed by atoms with Crippen molar-refractivity contribution in [2.24, 2.45) is 5.73 Å². The molecule has 0 aliphatic carbocycles. The van der Waals surface area contributed by atoms with E-state index in [0.717, 1.165) is 22.2 Å². The van der Waals surface area contributed by atoms with Crippen molar-refractivity contribution in [1.82, 2.24) is 15.0 Å². The highest BCUT2D eigenvalue weighted by Crippen LogP contribution is 2.36. The fourth-order valence-corrected chi connectivity index (χ4v) is 4.44. The normalized spacial score (nSPS) is 12.0. The van der Waals surface area contributed by atoms with Crippen LogP contribution >= 0.6 is 0 Å². The van der Waals surface area contributed by atoms with Gasteiger partial charge in [0.25, 0.3) is 0 Å². The van der Waals surface area contributed by atoms with Crippen LogP contribution in [0.1, 0.15) is 43.8 Å². The van der Waals surface area contributed by atoms with Crippen LogP contribution in [0.2, 0.25) is 0 Å². The molecule has 200 valence electrons. The minimum Gasteiger partial charge on any atom is -0.494 e. The van der Waals surface area contributed by atoms with Crippen LogP contribution < -0.4 is 20.5 Å². The molecule has 3 aromatic carbocycles. The summed E-state index contributed by atoms with van der Waals surface area (Å²) in [6.45, 7) is 5.99. The van der Waals surface area contributed by atoms with E-state index in [0.29, 0.717) is 35.0 Å². The third kappa shape index (κ3) is 5.57. The first-order valence-electron chi connectivity index (χ1n) is 12.8. The summed E-state index contributed by atoms with van der Waals surface area (Å²) >= 11 is 0. The van der Waals surface area contributed by atoms with E-state index >= 15 is 4.39 Å². The largest absolute Gasteiger partial charge is 0.494 e. The van der Waals surface area contributed by atoms with E-state index in [1.165, 1.54) is 0 Å². The number of nitrogens with two attached hydrogens (primary N) is 1. The SMILES string of the molecule is CCOc1cc(OC(C)C)c(F)c(C(Nc2ccc(C(=N)N)cc2)c2nc(-c3ccc4[nH]ccc4c3)c[nH]2)c1. The number of halogens is 1. The molecule has 0 spiro atoms. The van der Waals surface area contributed by atoms with Crippen LogP contribution in [0.3, 0.4) is 0 Å². The number of aromatic amines is 2. The first-order chi connectivity index (χ1) is 18.8. The average molecular weight is 527 g/mol. The molecule has 5 rings (SSSR count). The number of nitrogens with zero attached hydrogens (tertiary/aromatic N) is 1. The van der Waals surface area contributed by atoms with E-state index in [2.05, 4.69) is 21.4 Å². The number of benzene rings is 3. The summed E-state index contributed by atoms with van der Waals surface area (Å²) in [4.78, 5) is 11.3. The number of anilines is 1. The lowest BCUT2D eigenvalue weighted by Crippen LogP contribution is -2.18. The molecule has 1 unspecified atom stereocenters. The number of ether oxygens (including phenoxy) is 2. The van der Waals surface area contributed by atoms with Crippen molar-refractivity contribution in [2.45, 2.75) is 32.9 Å². The fraction of sp³-hybridized carbons (Fsp3) is 0.200. The Morgan fingerprint density at radius 2 is 1.87 bits per heavy atom. The monoisotopic (exact) mass is 526 g/mol. The number of fused-ring (bicyclic) bond motifs is 1. The Morgan fingerprint density at radius 3 is 2.59 bits per heavy atom. The summed E-state index contributed by atoms with van der Waals surface area (Å²) in [6.07, 6.45) is 3.48. The van der Waals surface area contributed by atoms with Gasteiger partial charge in [-0.3, -0.25) is 5.41 Å². The van der Waals surface area contributed by atoms with Crippen molar-refractivity contribution >= 4 is 22.4 Å². The molecule has 0 saturated carbocycles. The van der Waals surface area contributed by atoms with Crippen LogP contribution in [0, 0.1) is 11.2 Å². The minimum absolute atomic E-state index is 0.0286. The summed E-state index contributed by atoms with van der Waals surface area (Å²) in [5, 5.41) is 12.1. The Bertz CT molecular complexity index is 1610. The van der Waals surface area contributed by atoms with Gasteiger partial charge in [0.15, 0.2) is 11.6 Å². The number of nitrogens with one attached hydrogen (secondary N) is 4. The van der Waals surface area contributed by atoms with Crippen molar-refractivity contribution in [3.63, 3.8) is 0 Å². The fourth-order valence-electron chi connectivity index (χ4n) is 4.44. The van der Waals surface area contributed by atoms with Gasteiger partial charge in [0.05, 0.1) is 18.4 Å². The molecule has 8 nitrogen and oxygen atoms in total. The van der Waals surface area contributed by atoms with Crippen LogP contribution in [0.15, 0.2) is 73.1 Å². The first kappa shape index (κ1) is 25.8. The van der Waals surface area contributed by atoms with Crippen molar-refractivity contribution in [1.29, 1.82) is 5.41 Å². The molecular formula is C30H31FN6O2.